The number of hydrogen-bond donors (Lipinski definition) is 3. The first-order valence-corrected chi connectivity index (χ1v) is 13.5. The number of benzene rings is 2. The normalized spacial score (nSPS) is 19.5. The van der Waals surface area contributed by atoms with Gasteiger partial charge in [-0.1, -0.05) is 42.6 Å². The first kappa shape index (κ1) is 25.9. The molecule has 188 valence electrons. The molecule has 5 nitrogen and oxygen atoms in total. The van der Waals surface area contributed by atoms with Crippen molar-refractivity contribution in [2.24, 2.45) is 5.92 Å². The van der Waals surface area contributed by atoms with Crippen LogP contribution < -0.4 is 16.0 Å². The van der Waals surface area contributed by atoms with Crippen molar-refractivity contribution < 1.29 is 4.79 Å². The van der Waals surface area contributed by atoms with Crippen LogP contribution in [0.1, 0.15) is 54.9 Å². The minimum Gasteiger partial charge on any atom is -0.358 e. The maximum atomic E-state index is 12.6. The molecule has 3 N–H and O–H groups in total. The van der Waals surface area contributed by atoms with E-state index < -0.39 is 0 Å². The SMILES string of the molecule is CC1CCN(/C(=C/C2CCCCN2)Nc2ccc(C(=O)NCCc3ccc(Cl)cc3Cl)cc2)CC1. The van der Waals surface area contributed by atoms with E-state index >= 15 is 0 Å². The van der Waals surface area contributed by atoms with E-state index in [1.54, 1.807) is 6.07 Å². The largest absolute Gasteiger partial charge is 0.358 e. The van der Waals surface area contributed by atoms with E-state index in [0.29, 0.717) is 34.6 Å². The van der Waals surface area contributed by atoms with Gasteiger partial charge < -0.3 is 20.9 Å². The van der Waals surface area contributed by atoms with Crippen LogP contribution in [0.3, 0.4) is 0 Å². The van der Waals surface area contributed by atoms with Crippen molar-refractivity contribution in [1.29, 1.82) is 0 Å². The number of carbonyl (C=O) groups is 1. The molecule has 2 aliphatic heterocycles. The van der Waals surface area contributed by atoms with Gasteiger partial charge in [-0.2, -0.15) is 0 Å². The van der Waals surface area contributed by atoms with Gasteiger partial charge in [-0.15, -0.1) is 0 Å². The zero-order chi connectivity index (χ0) is 24.6. The van der Waals surface area contributed by atoms with Crippen molar-refractivity contribution in [3.63, 3.8) is 0 Å². The Morgan fingerprint density at radius 2 is 1.86 bits per heavy atom. The standard InChI is InChI=1S/C28H36Cl2N4O/c1-20-12-16-34(17-13-20)27(19-25-4-2-3-14-31-25)33-24-9-6-22(7-10-24)28(35)32-15-11-21-5-8-23(29)18-26(21)30/h5-10,18-20,25,31,33H,2-4,11-17H2,1H3,(H,32,35)/b27-19+. The predicted molar refractivity (Wildman–Crippen MR) is 146 cm³/mol. The summed E-state index contributed by atoms with van der Waals surface area (Å²) in [5, 5.41) is 11.5. The molecule has 0 bridgehead atoms. The van der Waals surface area contributed by atoms with Crippen LogP contribution >= 0.6 is 23.2 Å². The number of piperidine rings is 2. The first-order chi connectivity index (χ1) is 17.0. The molecule has 7 heteroatoms. The molecule has 2 aromatic carbocycles. The van der Waals surface area contributed by atoms with E-state index in [-0.39, 0.29) is 5.91 Å². The lowest BCUT2D eigenvalue weighted by atomic mass is 9.99. The van der Waals surface area contributed by atoms with Crippen LogP contribution in [0.4, 0.5) is 5.69 Å². The van der Waals surface area contributed by atoms with Gasteiger partial charge in [-0.3, -0.25) is 4.79 Å². The van der Waals surface area contributed by atoms with Crippen molar-refractivity contribution >= 4 is 34.8 Å². The Morgan fingerprint density at radius 3 is 2.54 bits per heavy atom. The fraction of sp³-hybridized carbons (Fsp3) is 0.464. The minimum atomic E-state index is -0.0891. The fourth-order valence-electron chi connectivity index (χ4n) is 4.68. The molecule has 2 aliphatic rings. The first-order valence-electron chi connectivity index (χ1n) is 12.8. The number of carbonyl (C=O) groups excluding carboxylic acids is 1. The highest BCUT2D eigenvalue weighted by Crippen LogP contribution is 2.24. The van der Waals surface area contributed by atoms with Crippen molar-refractivity contribution in [2.75, 3.05) is 31.5 Å². The monoisotopic (exact) mass is 514 g/mol. The molecule has 4 rings (SSSR count). The second kappa shape index (κ2) is 12.7. The molecule has 2 fully saturated rings. The average molecular weight is 516 g/mol. The maximum Gasteiger partial charge on any atom is 0.251 e. The molecule has 0 aromatic heterocycles. The van der Waals surface area contributed by atoms with Gasteiger partial charge in [0.25, 0.3) is 5.91 Å². The average Bonchev–Trinajstić information content (AvgIpc) is 2.86. The lowest BCUT2D eigenvalue weighted by Crippen LogP contribution is -2.38. The minimum absolute atomic E-state index is 0.0891. The van der Waals surface area contributed by atoms with E-state index in [4.69, 9.17) is 23.2 Å². The van der Waals surface area contributed by atoms with Crippen molar-refractivity contribution in [3.8, 4) is 0 Å². The van der Waals surface area contributed by atoms with Crippen LogP contribution in [0.5, 0.6) is 0 Å². The van der Waals surface area contributed by atoms with Crippen molar-refractivity contribution in [2.45, 2.75) is 51.5 Å². The van der Waals surface area contributed by atoms with Crippen LogP contribution in [0, 0.1) is 5.92 Å². The summed E-state index contributed by atoms with van der Waals surface area (Å²) >= 11 is 12.2. The second-order valence-electron chi connectivity index (χ2n) is 9.72. The van der Waals surface area contributed by atoms with E-state index in [1.807, 2.05) is 36.4 Å². The zero-order valence-electron chi connectivity index (χ0n) is 20.5. The van der Waals surface area contributed by atoms with Crippen LogP contribution in [0.25, 0.3) is 0 Å². The zero-order valence-corrected chi connectivity index (χ0v) is 22.0. The molecule has 1 amide bonds. The smallest absolute Gasteiger partial charge is 0.251 e. The number of amides is 1. The molecule has 0 radical (unpaired) electrons. The summed E-state index contributed by atoms with van der Waals surface area (Å²) in [7, 11) is 0. The number of anilines is 1. The fourth-order valence-corrected chi connectivity index (χ4v) is 5.18. The van der Waals surface area contributed by atoms with Crippen LogP contribution in [0.15, 0.2) is 54.4 Å². The molecule has 1 atom stereocenters. The Kier molecular flexibility index (Phi) is 9.36. The Labute approximate surface area is 219 Å². The topological polar surface area (TPSA) is 56.4 Å². The van der Waals surface area contributed by atoms with Gasteiger partial charge in [0.15, 0.2) is 0 Å². The van der Waals surface area contributed by atoms with Gasteiger partial charge in [0.05, 0.1) is 0 Å². The quantitative estimate of drug-likeness (QED) is 0.398. The molecule has 0 saturated carbocycles. The number of hydrogen-bond acceptors (Lipinski definition) is 4. The number of rotatable bonds is 8. The summed E-state index contributed by atoms with van der Waals surface area (Å²) in [6.45, 7) is 6.08. The summed E-state index contributed by atoms with van der Waals surface area (Å²) in [5.41, 5.74) is 2.61. The number of nitrogens with one attached hydrogen (secondary N) is 3. The van der Waals surface area contributed by atoms with E-state index in [0.717, 1.165) is 36.8 Å². The Balaban J connectivity index is 1.35. The molecular formula is C28H36Cl2N4O. The third-order valence-corrected chi connectivity index (χ3v) is 7.53. The number of nitrogens with zero attached hydrogens (tertiary/aromatic N) is 1. The summed E-state index contributed by atoms with van der Waals surface area (Å²) in [6, 6.07) is 13.6. The highest BCUT2D eigenvalue weighted by molar-refractivity contribution is 6.35. The third-order valence-electron chi connectivity index (χ3n) is 6.95. The lowest BCUT2D eigenvalue weighted by Gasteiger charge is -2.35. The molecule has 2 aromatic rings. The number of likely N-dealkylation sites (tertiary alicyclic amines) is 1. The highest BCUT2D eigenvalue weighted by Gasteiger charge is 2.20. The molecule has 0 aliphatic carbocycles. The van der Waals surface area contributed by atoms with Gasteiger partial charge in [0.2, 0.25) is 0 Å². The van der Waals surface area contributed by atoms with Gasteiger partial charge in [-0.05, 0) is 92.6 Å². The molecular weight excluding hydrogens is 479 g/mol. The molecule has 2 heterocycles. The molecule has 35 heavy (non-hydrogen) atoms. The van der Waals surface area contributed by atoms with Gasteiger partial charge in [-0.25, -0.2) is 0 Å². The summed E-state index contributed by atoms with van der Waals surface area (Å²) < 4.78 is 0. The molecule has 1 unspecified atom stereocenters. The van der Waals surface area contributed by atoms with Gasteiger partial charge in [0.1, 0.15) is 5.82 Å². The van der Waals surface area contributed by atoms with Crippen molar-refractivity contribution in [3.05, 3.63) is 75.5 Å². The highest BCUT2D eigenvalue weighted by atomic mass is 35.5. The number of halogens is 2. The van der Waals surface area contributed by atoms with E-state index in [1.165, 1.54) is 37.9 Å². The van der Waals surface area contributed by atoms with E-state index in [2.05, 4.69) is 33.9 Å². The maximum absolute atomic E-state index is 12.6. The summed E-state index contributed by atoms with van der Waals surface area (Å²) in [4.78, 5) is 15.1. The van der Waals surface area contributed by atoms with E-state index in [9.17, 15) is 4.79 Å². The van der Waals surface area contributed by atoms with Crippen molar-refractivity contribution in [1.82, 2.24) is 15.5 Å². The lowest BCUT2D eigenvalue weighted by molar-refractivity contribution is 0.0954. The third kappa shape index (κ3) is 7.63. The second-order valence-corrected chi connectivity index (χ2v) is 10.6. The summed E-state index contributed by atoms with van der Waals surface area (Å²) in [6.07, 6.45) is 9.15. The Morgan fingerprint density at radius 1 is 1.09 bits per heavy atom. The van der Waals surface area contributed by atoms with Gasteiger partial charge in [0, 0.05) is 47.0 Å². The van der Waals surface area contributed by atoms with Gasteiger partial charge >= 0.3 is 0 Å². The van der Waals surface area contributed by atoms with Crippen LogP contribution in [0.2, 0.25) is 10.0 Å². The van der Waals surface area contributed by atoms with Crippen LogP contribution in [-0.4, -0.2) is 43.0 Å². The Hall–Kier alpha value is -2.21. The molecule has 0 spiro atoms. The summed E-state index contributed by atoms with van der Waals surface area (Å²) in [5.74, 6) is 1.87. The molecule has 2 saturated heterocycles. The Bertz CT molecular complexity index is 1010. The predicted octanol–water partition coefficient (Wildman–Crippen LogP) is 6.09. The van der Waals surface area contributed by atoms with Crippen LogP contribution in [-0.2, 0) is 6.42 Å².